The summed E-state index contributed by atoms with van der Waals surface area (Å²) in [6.45, 7) is 5.51. The normalized spacial score (nSPS) is 19.3. The lowest BCUT2D eigenvalue weighted by molar-refractivity contribution is -0.126. The summed E-state index contributed by atoms with van der Waals surface area (Å²) in [4.78, 5) is 20.0. The van der Waals surface area contributed by atoms with Crippen LogP contribution < -0.4 is 5.32 Å². The Morgan fingerprint density at radius 3 is 3.14 bits per heavy atom. The molecule has 1 amide bonds. The zero-order valence-corrected chi connectivity index (χ0v) is 14.1. The van der Waals surface area contributed by atoms with Crippen molar-refractivity contribution in [1.29, 1.82) is 0 Å². The van der Waals surface area contributed by atoms with E-state index in [2.05, 4.69) is 15.2 Å². The van der Waals surface area contributed by atoms with Gasteiger partial charge in [-0.05, 0) is 26.3 Å². The summed E-state index contributed by atoms with van der Waals surface area (Å²) >= 11 is 1.59. The van der Waals surface area contributed by atoms with E-state index in [4.69, 9.17) is 9.84 Å². The number of thiazole rings is 1. The summed E-state index contributed by atoms with van der Waals surface area (Å²) in [6.07, 6.45) is 1.93. The second kappa shape index (κ2) is 8.57. The van der Waals surface area contributed by atoms with Gasteiger partial charge in [0.25, 0.3) is 0 Å². The van der Waals surface area contributed by atoms with Gasteiger partial charge in [0, 0.05) is 25.1 Å². The fraction of sp³-hybridized carbons (Fsp3) is 0.733. The molecule has 1 fully saturated rings. The van der Waals surface area contributed by atoms with Crippen LogP contribution in [-0.4, -0.2) is 54.2 Å². The molecular weight excluding hydrogens is 302 g/mol. The minimum absolute atomic E-state index is 0.0203. The molecule has 0 aromatic carbocycles. The van der Waals surface area contributed by atoms with Crippen LogP contribution in [0.2, 0.25) is 0 Å². The van der Waals surface area contributed by atoms with Gasteiger partial charge in [0.2, 0.25) is 5.91 Å². The molecule has 0 bridgehead atoms. The molecule has 0 radical (unpaired) electrons. The van der Waals surface area contributed by atoms with Crippen molar-refractivity contribution in [2.24, 2.45) is 5.92 Å². The average molecular weight is 327 g/mol. The number of aryl methyl sites for hydroxylation is 1. The smallest absolute Gasteiger partial charge is 0.224 e. The SMILES string of the molecule is COCc1nc(C)c(CNC(=O)[C@H]2CCCN(CCO)C2)s1. The fourth-order valence-electron chi connectivity index (χ4n) is 2.76. The van der Waals surface area contributed by atoms with Crippen LogP contribution in [0.4, 0.5) is 0 Å². The van der Waals surface area contributed by atoms with Crippen molar-refractivity contribution in [2.75, 3.05) is 33.4 Å². The maximum atomic E-state index is 12.3. The van der Waals surface area contributed by atoms with E-state index >= 15 is 0 Å². The number of methoxy groups -OCH3 is 1. The molecule has 0 aliphatic carbocycles. The monoisotopic (exact) mass is 327 g/mol. The first-order chi connectivity index (χ1) is 10.6. The van der Waals surface area contributed by atoms with Crippen LogP contribution in [0.3, 0.4) is 0 Å². The highest BCUT2D eigenvalue weighted by atomic mass is 32.1. The summed E-state index contributed by atoms with van der Waals surface area (Å²) in [7, 11) is 1.65. The minimum Gasteiger partial charge on any atom is -0.395 e. The van der Waals surface area contributed by atoms with E-state index in [0.29, 0.717) is 19.7 Å². The van der Waals surface area contributed by atoms with Crippen LogP contribution in [0, 0.1) is 12.8 Å². The first-order valence-electron chi connectivity index (χ1n) is 7.69. The van der Waals surface area contributed by atoms with E-state index in [9.17, 15) is 4.79 Å². The molecular formula is C15H25N3O3S. The van der Waals surface area contributed by atoms with Gasteiger partial charge in [-0.2, -0.15) is 0 Å². The zero-order chi connectivity index (χ0) is 15.9. The molecule has 1 saturated heterocycles. The Bertz CT molecular complexity index is 490. The molecule has 22 heavy (non-hydrogen) atoms. The van der Waals surface area contributed by atoms with Crippen LogP contribution in [0.1, 0.15) is 28.4 Å². The number of nitrogens with one attached hydrogen (secondary N) is 1. The molecule has 0 saturated carbocycles. The number of piperidine rings is 1. The lowest BCUT2D eigenvalue weighted by atomic mass is 9.97. The van der Waals surface area contributed by atoms with E-state index < -0.39 is 0 Å². The van der Waals surface area contributed by atoms with E-state index in [-0.39, 0.29) is 18.4 Å². The number of aliphatic hydroxyl groups is 1. The highest BCUT2D eigenvalue weighted by molar-refractivity contribution is 7.11. The van der Waals surface area contributed by atoms with Crippen molar-refractivity contribution in [1.82, 2.24) is 15.2 Å². The molecule has 1 aliphatic rings. The van der Waals surface area contributed by atoms with Gasteiger partial charge in [-0.1, -0.05) is 0 Å². The quantitative estimate of drug-likeness (QED) is 0.779. The second-order valence-corrected chi connectivity index (χ2v) is 6.80. The van der Waals surface area contributed by atoms with Crippen LogP contribution >= 0.6 is 11.3 Å². The summed E-state index contributed by atoms with van der Waals surface area (Å²) in [5.41, 5.74) is 0.961. The number of hydrogen-bond donors (Lipinski definition) is 2. The number of likely N-dealkylation sites (tertiary alicyclic amines) is 1. The number of β-amino-alcohol motifs (C(OH)–C–C–N with tert-alkyl or cyclic N) is 1. The van der Waals surface area contributed by atoms with Crippen molar-refractivity contribution < 1.29 is 14.6 Å². The maximum Gasteiger partial charge on any atom is 0.224 e. The summed E-state index contributed by atoms with van der Waals surface area (Å²) < 4.78 is 5.09. The molecule has 2 rings (SSSR count). The molecule has 7 heteroatoms. The number of aromatic nitrogens is 1. The number of amides is 1. The molecule has 2 heterocycles. The van der Waals surface area contributed by atoms with E-state index in [1.54, 1.807) is 18.4 Å². The van der Waals surface area contributed by atoms with Crippen LogP contribution in [-0.2, 0) is 22.7 Å². The first kappa shape index (κ1) is 17.3. The first-order valence-corrected chi connectivity index (χ1v) is 8.50. The lowest BCUT2D eigenvalue weighted by Crippen LogP contribution is -2.43. The van der Waals surface area contributed by atoms with Crippen LogP contribution in [0.5, 0.6) is 0 Å². The number of ether oxygens (including phenoxy) is 1. The second-order valence-electron chi connectivity index (χ2n) is 5.63. The highest BCUT2D eigenvalue weighted by Gasteiger charge is 2.25. The van der Waals surface area contributed by atoms with Gasteiger partial charge in [-0.25, -0.2) is 4.98 Å². The van der Waals surface area contributed by atoms with Crippen molar-refractivity contribution in [2.45, 2.75) is 32.9 Å². The predicted octanol–water partition coefficient (Wildman–Crippen LogP) is 0.918. The van der Waals surface area contributed by atoms with Gasteiger partial charge in [0.15, 0.2) is 0 Å². The lowest BCUT2D eigenvalue weighted by Gasteiger charge is -2.31. The molecule has 0 unspecified atom stereocenters. The topological polar surface area (TPSA) is 74.7 Å². The molecule has 1 aliphatic heterocycles. The number of nitrogens with zero attached hydrogens (tertiary/aromatic N) is 2. The Kier molecular flexibility index (Phi) is 6.75. The third-order valence-corrected chi connectivity index (χ3v) is 5.05. The van der Waals surface area contributed by atoms with Crippen LogP contribution in [0.25, 0.3) is 0 Å². The molecule has 1 aromatic heterocycles. The molecule has 0 spiro atoms. The number of aliphatic hydroxyl groups excluding tert-OH is 1. The highest BCUT2D eigenvalue weighted by Crippen LogP contribution is 2.20. The number of carbonyl (C=O) groups excluding carboxylic acids is 1. The largest absolute Gasteiger partial charge is 0.395 e. The molecule has 2 N–H and O–H groups in total. The Morgan fingerprint density at radius 2 is 2.41 bits per heavy atom. The Hall–Kier alpha value is -1.02. The zero-order valence-electron chi connectivity index (χ0n) is 13.3. The number of rotatable bonds is 7. The third kappa shape index (κ3) is 4.74. The van der Waals surface area contributed by atoms with E-state index in [0.717, 1.165) is 41.5 Å². The van der Waals surface area contributed by atoms with Crippen molar-refractivity contribution in [3.8, 4) is 0 Å². The minimum atomic E-state index is 0.0203. The van der Waals surface area contributed by atoms with Gasteiger partial charge < -0.3 is 20.1 Å². The summed E-state index contributed by atoms with van der Waals surface area (Å²) in [5.74, 6) is 0.121. The van der Waals surface area contributed by atoms with Gasteiger partial charge in [0.1, 0.15) is 5.01 Å². The standard InChI is InChI=1S/C15H25N3O3S/c1-11-13(22-14(17-11)10-21-2)8-16-15(20)12-4-3-5-18(9-12)6-7-19/h12,19H,3-10H2,1-2H3,(H,16,20)/t12-/m0/s1. The van der Waals surface area contributed by atoms with Gasteiger partial charge >= 0.3 is 0 Å². The van der Waals surface area contributed by atoms with Crippen molar-refractivity contribution in [3.05, 3.63) is 15.6 Å². The molecule has 124 valence electrons. The summed E-state index contributed by atoms with van der Waals surface area (Å²) in [6, 6.07) is 0. The van der Waals surface area contributed by atoms with Crippen LogP contribution in [0.15, 0.2) is 0 Å². The van der Waals surface area contributed by atoms with Gasteiger partial charge in [0.05, 0.1) is 31.4 Å². The Labute approximate surface area is 135 Å². The Morgan fingerprint density at radius 1 is 1.59 bits per heavy atom. The Balaban J connectivity index is 1.84. The van der Waals surface area contributed by atoms with E-state index in [1.165, 1.54) is 0 Å². The van der Waals surface area contributed by atoms with Gasteiger partial charge in [-0.15, -0.1) is 11.3 Å². The maximum absolute atomic E-state index is 12.3. The average Bonchev–Trinajstić information content (AvgIpc) is 2.86. The number of hydrogen-bond acceptors (Lipinski definition) is 6. The van der Waals surface area contributed by atoms with Crippen molar-refractivity contribution in [3.63, 3.8) is 0 Å². The summed E-state index contributed by atoms with van der Waals surface area (Å²) in [5, 5.41) is 13.0. The third-order valence-electron chi connectivity index (χ3n) is 3.92. The molecule has 1 atom stereocenters. The van der Waals surface area contributed by atoms with E-state index in [1.807, 2.05) is 6.92 Å². The van der Waals surface area contributed by atoms with Crippen molar-refractivity contribution >= 4 is 17.2 Å². The fourth-order valence-corrected chi connectivity index (χ4v) is 3.74. The predicted molar refractivity (Wildman–Crippen MR) is 85.7 cm³/mol. The van der Waals surface area contributed by atoms with Gasteiger partial charge in [-0.3, -0.25) is 4.79 Å². The number of carbonyl (C=O) groups is 1. The molecule has 6 nitrogen and oxygen atoms in total. The molecule has 1 aromatic rings.